The summed E-state index contributed by atoms with van der Waals surface area (Å²) in [4.78, 5) is 27.2. The van der Waals surface area contributed by atoms with E-state index in [1.807, 2.05) is 60.7 Å². The first-order valence-corrected chi connectivity index (χ1v) is 15.0. The van der Waals surface area contributed by atoms with Gasteiger partial charge in [0, 0.05) is 0 Å². The van der Waals surface area contributed by atoms with Crippen LogP contribution < -0.4 is 0 Å². The minimum Gasteiger partial charge on any atom is -0.470 e. The highest BCUT2D eigenvalue weighted by atomic mass is 28.3. The van der Waals surface area contributed by atoms with Gasteiger partial charge in [-0.2, -0.15) is 0 Å². The Morgan fingerprint density at radius 1 is 0.606 bits per heavy atom. The van der Waals surface area contributed by atoms with Gasteiger partial charge in [0.25, 0.3) is 11.2 Å². The molecule has 0 radical (unpaired) electrons. The molecule has 0 N–H and O–H groups in total. The predicted molar refractivity (Wildman–Crippen MR) is 137 cm³/mol. The van der Waals surface area contributed by atoms with Crippen LogP contribution in [0, 0.1) is 0 Å². The minimum atomic E-state index is -3.34. The van der Waals surface area contributed by atoms with Gasteiger partial charge in [-0.25, -0.2) is 0 Å². The molecular formula is C28H40O4Si. The third kappa shape index (κ3) is 9.16. The molecule has 0 aromatic heterocycles. The number of benzene rings is 2. The van der Waals surface area contributed by atoms with E-state index in [0.29, 0.717) is 25.3 Å². The molecule has 0 amide bonds. The van der Waals surface area contributed by atoms with E-state index in [0.717, 1.165) is 62.5 Å². The lowest BCUT2D eigenvalue weighted by molar-refractivity contribution is 0.157. The first kappa shape index (κ1) is 26.8. The molecule has 0 heterocycles. The number of carbonyl (C=O) groups excluding carboxylic acids is 2. The van der Waals surface area contributed by atoms with Crippen molar-refractivity contribution in [1.29, 1.82) is 0 Å². The fraction of sp³-hybridized carbons (Fsp3) is 0.500. The van der Waals surface area contributed by atoms with Crippen LogP contribution in [0.1, 0.15) is 76.3 Å². The second kappa shape index (κ2) is 15.4. The first-order valence-electron chi connectivity index (χ1n) is 12.5. The van der Waals surface area contributed by atoms with Crippen LogP contribution in [0.25, 0.3) is 0 Å². The van der Waals surface area contributed by atoms with Gasteiger partial charge in [0.15, 0.2) is 0 Å². The second-order valence-electron chi connectivity index (χ2n) is 8.80. The van der Waals surface area contributed by atoms with Crippen LogP contribution in [0.2, 0.25) is 0 Å². The summed E-state index contributed by atoms with van der Waals surface area (Å²) < 4.78 is 11.6. The predicted octanol–water partition coefficient (Wildman–Crippen LogP) is 7.60. The summed E-state index contributed by atoms with van der Waals surface area (Å²) in [5.41, 5.74) is 1.27. The van der Waals surface area contributed by atoms with Crippen LogP contribution >= 0.6 is 0 Å². The summed E-state index contributed by atoms with van der Waals surface area (Å²) in [7, 11) is -3.34. The summed E-state index contributed by atoms with van der Waals surface area (Å²) in [6.45, 7) is 5.03. The van der Waals surface area contributed by atoms with E-state index in [1.165, 1.54) is 0 Å². The Balaban J connectivity index is 2.28. The molecule has 0 aliphatic heterocycles. The van der Waals surface area contributed by atoms with Gasteiger partial charge in [-0.15, -0.1) is 0 Å². The lowest BCUT2D eigenvalue weighted by atomic mass is 10.2. The highest BCUT2D eigenvalue weighted by Gasteiger charge is 2.53. The first-order chi connectivity index (χ1) is 16.1. The number of carbonyl (C=O) groups is 2. The van der Waals surface area contributed by atoms with E-state index in [9.17, 15) is 9.59 Å². The molecule has 0 aliphatic carbocycles. The molecule has 0 atom stereocenters. The molecule has 180 valence electrons. The summed E-state index contributed by atoms with van der Waals surface area (Å²) in [6, 6.07) is 20.4. The van der Waals surface area contributed by atoms with Crippen molar-refractivity contribution in [1.82, 2.24) is 0 Å². The Morgan fingerprint density at radius 2 is 1.00 bits per heavy atom. The summed E-state index contributed by atoms with van der Waals surface area (Å²) >= 11 is 0. The maximum atomic E-state index is 13.6. The smallest absolute Gasteiger partial charge is 0.320 e. The average molecular weight is 469 g/mol. The number of hydrogen-bond acceptors (Lipinski definition) is 4. The Labute approximate surface area is 200 Å². The molecular weight excluding hydrogens is 428 g/mol. The van der Waals surface area contributed by atoms with Crippen molar-refractivity contribution in [2.45, 2.75) is 77.3 Å². The van der Waals surface area contributed by atoms with Gasteiger partial charge in [-0.1, -0.05) is 113 Å². The van der Waals surface area contributed by atoms with E-state index in [-0.39, 0.29) is 11.2 Å². The maximum Gasteiger partial charge on any atom is 0.320 e. The Morgan fingerprint density at radius 3 is 1.36 bits per heavy atom. The molecule has 0 aliphatic rings. The zero-order valence-corrected chi connectivity index (χ0v) is 21.4. The van der Waals surface area contributed by atoms with Gasteiger partial charge >= 0.3 is 8.07 Å². The van der Waals surface area contributed by atoms with Crippen molar-refractivity contribution in [2.75, 3.05) is 13.2 Å². The van der Waals surface area contributed by atoms with E-state index in [4.69, 9.17) is 9.47 Å². The highest BCUT2D eigenvalue weighted by Crippen LogP contribution is 2.24. The summed E-state index contributed by atoms with van der Waals surface area (Å²) in [5.74, 6) is 0. The normalized spacial score (nSPS) is 11.2. The van der Waals surface area contributed by atoms with Gasteiger partial charge in [0.2, 0.25) is 0 Å². The minimum absolute atomic E-state index is 0.342. The highest BCUT2D eigenvalue weighted by molar-refractivity contribution is 7.22. The van der Waals surface area contributed by atoms with Crippen molar-refractivity contribution < 1.29 is 19.1 Å². The largest absolute Gasteiger partial charge is 0.470 e. The monoisotopic (exact) mass is 468 g/mol. The molecule has 0 unspecified atom stereocenters. The van der Waals surface area contributed by atoms with Crippen molar-refractivity contribution in [2.24, 2.45) is 0 Å². The molecule has 5 heteroatoms. The lowest BCUT2D eigenvalue weighted by Crippen LogP contribution is -2.57. The molecule has 2 aromatic rings. The lowest BCUT2D eigenvalue weighted by Gasteiger charge is -2.27. The van der Waals surface area contributed by atoms with Crippen molar-refractivity contribution in [3.05, 3.63) is 71.8 Å². The van der Waals surface area contributed by atoms with E-state index in [1.54, 1.807) is 0 Å². The zero-order valence-electron chi connectivity index (χ0n) is 20.4. The van der Waals surface area contributed by atoms with Crippen LogP contribution in [0.15, 0.2) is 60.7 Å². The summed E-state index contributed by atoms with van der Waals surface area (Å²) in [5, 5.41) is 0. The van der Waals surface area contributed by atoms with E-state index >= 15 is 0 Å². The van der Waals surface area contributed by atoms with Gasteiger partial charge in [0.1, 0.15) is 0 Å². The van der Waals surface area contributed by atoms with Crippen LogP contribution in [-0.2, 0) is 21.6 Å². The van der Waals surface area contributed by atoms with Crippen molar-refractivity contribution >= 4 is 19.3 Å². The van der Waals surface area contributed by atoms with Crippen molar-refractivity contribution in [3.8, 4) is 0 Å². The van der Waals surface area contributed by atoms with E-state index < -0.39 is 8.07 Å². The molecule has 33 heavy (non-hydrogen) atoms. The SMILES string of the molecule is CCCCCCOC(=O)[Si](Cc1ccccc1)(Cc1ccccc1)C(=O)OCCCCCC. The zero-order chi connectivity index (χ0) is 23.8. The molecule has 2 aromatic carbocycles. The molecule has 0 bridgehead atoms. The molecule has 4 nitrogen and oxygen atoms in total. The molecule has 2 rings (SSSR count). The van der Waals surface area contributed by atoms with Gasteiger partial charge in [-0.05, 0) is 36.1 Å². The van der Waals surface area contributed by atoms with Gasteiger partial charge in [-0.3, -0.25) is 9.59 Å². The number of unbranched alkanes of at least 4 members (excludes halogenated alkanes) is 6. The molecule has 0 spiro atoms. The van der Waals surface area contributed by atoms with Crippen molar-refractivity contribution in [3.63, 3.8) is 0 Å². The Hall–Kier alpha value is -2.40. The third-order valence-corrected chi connectivity index (χ3v) is 9.82. The van der Waals surface area contributed by atoms with Crippen LogP contribution in [0.3, 0.4) is 0 Å². The Bertz CT molecular complexity index is 738. The number of ether oxygens (including phenoxy) is 2. The van der Waals surface area contributed by atoms with E-state index in [2.05, 4.69) is 13.8 Å². The van der Waals surface area contributed by atoms with Crippen LogP contribution in [0.4, 0.5) is 9.59 Å². The quantitative estimate of drug-likeness (QED) is 0.188. The summed E-state index contributed by atoms with van der Waals surface area (Å²) in [6.07, 6.45) is 8.19. The van der Waals surface area contributed by atoms with Gasteiger partial charge < -0.3 is 9.47 Å². The fourth-order valence-corrected chi connectivity index (χ4v) is 7.48. The maximum absolute atomic E-state index is 13.6. The third-order valence-electron chi connectivity index (χ3n) is 5.94. The van der Waals surface area contributed by atoms with Crippen LogP contribution in [-0.4, -0.2) is 32.5 Å². The second-order valence-corrected chi connectivity index (χ2v) is 12.5. The molecule has 0 saturated heterocycles. The Kier molecular flexibility index (Phi) is 12.6. The number of rotatable bonds is 16. The van der Waals surface area contributed by atoms with Gasteiger partial charge in [0.05, 0.1) is 13.2 Å². The molecule has 0 saturated carbocycles. The average Bonchev–Trinajstić information content (AvgIpc) is 2.84. The topological polar surface area (TPSA) is 52.6 Å². The standard InChI is InChI=1S/C28H40O4Si/c1-3-5-7-15-21-31-27(29)33(23-25-17-11-9-12-18-25,24-26-19-13-10-14-20-26)28(30)32-22-16-8-6-4-2/h9-14,17-20H,3-8,15-16,21-24H2,1-2H3. The van der Waals surface area contributed by atoms with Crippen LogP contribution in [0.5, 0.6) is 0 Å². The number of hydrogen-bond donors (Lipinski definition) is 0. The molecule has 0 fully saturated rings. The fourth-order valence-electron chi connectivity index (χ4n) is 3.99.